The first-order valence-electron chi connectivity index (χ1n) is 19.8. The summed E-state index contributed by atoms with van der Waals surface area (Å²) < 4.78 is 28.1. The Bertz CT molecular complexity index is 433. The summed E-state index contributed by atoms with van der Waals surface area (Å²) in [5.74, 6) is 0. The van der Waals surface area contributed by atoms with E-state index in [2.05, 4.69) is 13.8 Å². The molecule has 0 radical (unpaired) electrons. The number of hydrogen-bond acceptors (Lipinski definition) is 5. The van der Waals surface area contributed by atoms with E-state index in [1.807, 2.05) is 0 Å². The molecule has 5 nitrogen and oxygen atoms in total. The van der Waals surface area contributed by atoms with Crippen molar-refractivity contribution in [3.63, 3.8) is 0 Å². The molecule has 44 heavy (non-hydrogen) atoms. The third-order valence-corrected chi connectivity index (χ3v) is 8.52. The molecule has 0 aliphatic carbocycles. The van der Waals surface area contributed by atoms with E-state index in [0.29, 0.717) is 52.9 Å². The topological polar surface area (TPSA) is 46.2 Å². The largest absolute Gasteiger partial charge is 0.379 e. The Balaban J connectivity index is 3.03. The van der Waals surface area contributed by atoms with E-state index in [9.17, 15) is 0 Å². The molecule has 266 valence electrons. The molecule has 0 spiro atoms. The number of unbranched alkanes of at least 4 members (excludes halogenated alkanes) is 25. The SMILES string of the molecule is CCCCCCCCCCCCCCCCOCCOCCOCCOCCOCCCCCCCCCCCCCCC. The lowest BCUT2D eigenvalue weighted by Gasteiger charge is -2.08. The molecule has 0 atom stereocenters. The van der Waals surface area contributed by atoms with Crippen LogP contribution in [0, 0.1) is 0 Å². The maximum Gasteiger partial charge on any atom is 0.0701 e. The highest BCUT2D eigenvalue weighted by molar-refractivity contribution is 4.51. The lowest BCUT2D eigenvalue weighted by atomic mass is 10.0. The maximum absolute atomic E-state index is 5.70. The second-order valence-electron chi connectivity index (χ2n) is 12.9. The van der Waals surface area contributed by atoms with E-state index >= 15 is 0 Å². The average Bonchev–Trinajstić information content (AvgIpc) is 3.04. The Morgan fingerprint density at radius 1 is 0.182 bits per heavy atom. The monoisotopic (exact) mass is 629 g/mol. The Morgan fingerprint density at radius 2 is 0.341 bits per heavy atom. The van der Waals surface area contributed by atoms with Crippen molar-refractivity contribution < 1.29 is 23.7 Å². The number of ether oxygens (including phenoxy) is 5. The van der Waals surface area contributed by atoms with Gasteiger partial charge in [-0.2, -0.15) is 0 Å². The van der Waals surface area contributed by atoms with Crippen LogP contribution in [-0.4, -0.2) is 66.1 Å². The Labute approximate surface area is 276 Å². The summed E-state index contributed by atoms with van der Waals surface area (Å²) in [6.45, 7) is 11.4. The molecule has 0 rings (SSSR count). The van der Waals surface area contributed by atoms with Gasteiger partial charge in [-0.05, 0) is 12.8 Å². The summed E-state index contributed by atoms with van der Waals surface area (Å²) in [6.07, 6.45) is 37.5. The van der Waals surface area contributed by atoms with E-state index in [1.54, 1.807) is 0 Å². The van der Waals surface area contributed by atoms with Crippen molar-refractivity contribution in [2.75, 3.05) is 66.1 Å². The minimum atomic E-state index is 0.609. The van der Waals surface area contributed by atoms with Crippen molar-refractivity contribution in [3.05, 3.63) is 0 Å². The molecule has 0 aliphatic heterocycles. The fourth-order valence-electron chi connectivity index (χ4n) is 5.60. The van der Waals surface area contributed by atoms with E-state index in [-0.39, 0.29) is 0 Å². The third-order valence-electron chi connectivity index (χ3n) is 8.52. The van der Waals surface area contributed by atoms with E-state index < -0.39 is 0 Å². The highest BCUT2D eigenvalue weighted by Crippen LogP contribution is 2.14. The maximum atomic E-state index is 5.70. The molecule has 0 saturated heterocycles. The molecule has 0 aromatic carbocycles. The summed E-state index contributed by atoms with van der Waals surface area (Å²) in [7, 11) is 0. The first kappa shape index (κ1) is 43.8. The minimum absolute atomic E-state index is 0.609. The van der Waals surface area contributed by atoms with Crippen LogP contribution in [0.3, 0.4) is 0 Å². The van der Waals surface area contributed by atoms with Crippen molar-refractivity contribution in [1.82, 2.24) is 0 Å². The fourth-order valence-corrected chi connectivity index (χ4v) is 5.60. The Kier molecular flexibility index (Phi) is 42.6. The molecule has 0 heterocycles. The van der Waals surface area contributed by atoms with Crippen molar-refractivity contribution in [3.8, 4) is 0 Å². The van der Waals surface area contributed by atoms with Crippen LogP contribution in [0.5, 0.6) is 0 Å². The lowest BCUT2D eigenvalue weighted by Crippen LogP contribution is -2.13. The zero-order valence-electron chi connectivity index (χ0n) is 30.2. The van der Waals surface area contributed by atoms with Crippen LogP contribution >= 0.6 is 0 Å². The minimum Gasteiger partial charge on any atom is -0.379 e. The summed E-state index contributed by atoms with van der Waals surface area (Å²) in [5.41, 5.74) is 0. The quantitative estimate of drug-likeness (QED) is 0.0630. The van der Waals surface area contributed by atoms with Gasteiger partial charge in [0.1, 0.15) is 0 Å². The summed E-state index contributed by atoms with van der Waals surface area (Å²) >= 11 is 0. The molecule has 0 amide bonds. The normalized spacial score (nSPS) is 11.6. The smallest absolute Gasteiger partial charge is 0.0701 e. The first-order valence-corrected chi connectivity index (χ1v) is 19.8. The predicted molar refractivity (Wildman–Crippen MR) is 190 cm³/mol. The molecule has 0 saturated carbocycles. The Hall–Kier alpha value is -0.200. The molecule has 5 heteroatoms. The first-order chi connectivity index (χ1) is 21.9. The van der Waals surface area contributed by atoms with Crippen molar-refractivity contribution in [2.24, 2.45) is 0 Å². The van der Waals surface area contributed by atoms with Gasteiger partial charge in [0.25, 0.3) is 0 Å². The molecular weight excluding hydrogens is 548 g/mol. The van der Waals surface area contributed by atoms with Gasteiger partial charge in [-0.15, -0.1) is 0 Å². The van der Waals surface area contributed by atoms with Gasteiger partial charge < -0.3 is 23.7 Å². The second kappa shape index (κ2) is 42.8. The zero-order valence-corrected chi connectivity index (χ0v) is 30.2. The summed E-state index contributed by atoms with van der Waals surface area (Å²) in [5, 5.41) is 0. The van der Waals surface area contributed by atoms with Crippen LogP contribution in [0.2, 0.25) is 0 Å². The molecule has 0 fully saturated rings. The van der Waals surface area contributed by atoms with E-state index in [4.69, 9.17) is 23.7 Å². The molecule has 0 aromatic rings. The van der Waals surface area contributed by atoms with E-state index in [0.717, 1.165) is 13.2 Å². The van der Waals surface area contributed by atoms with E-state index in [1.165, 1.54) is 173 Å². The average molecular weight is 629 g/mol. The van der Waals surface area contributed by atoms with Gasteiger partial charge in [0.15, 0.2) is 0 Å². The van der Waals surface area contributed by atoms with Crippen molar-refractivity contribution in [2.45, 2.75) is 187 Å². The molecule has 0 bridgehead atoms. The summed E-state index contributed by atoms with van der Waals surface area (Å²) in [6, 6.07) is 0. The zero-order chi connectivity index (χ0) is 31.7. The van der Waals surface area contributed by atoms with Crippen LogP contribution in [-0.2, 0) is 23.7 Å². The van der Waals surface area contributed by atoms with Gasteiger partial charge >= 0.3 is 0 Å². The molecule has 0 unspecified atom stereocenters. The highest BCUT2D eigenvalue weighted by atomic mass is 16.6. The van der Waals surface area contributed by atoms with Crippen LogP contribution in [0.25, 0.3) is 0 Å². The van der Waals surface area contributed by atoms with Crippen LogP contribution in [0.15, 0.2) is 0 Å². The van der Waals surface area contributed by atoms with Crippen LogP contribution in [0.1, 0.15) is 187 Å². The van der Waals surface area contributed by atoms with Crippen molar-refractivity contribution in [1.29, 1.82) is 0 Å². The molecule has 0 N–H and O–H groups in total. The standard InChI is InChI=1S/C39H80O5/c1-3-5-7-9-11-13-15-17-19-21-23-25-27-29-31-41-33-35-43-37-39-44-38-36-42-34-32-40-30-28-26-24-22-20-18-16-14-12-10-8-6-4-2/h3-39H2,1-2H3. The second-order valence-corrected chi connectivity index (χ2v) is 12.9. The molecule has 0 aromatic heterocycles. The van der Waals surface area contributed by atoms with Gasteiger partial charge in [-0.3, -0.25) is 0 Å². The third kappa shape index (κ3) is 41.8. The summed E-state index contributed by atoms with van der Waals surface area (Å²) in [4.78, 5) is 0. The molecular formula is C39H80O5. The van der Waals surface area contributed by atoms with Gasteiger partial charge in [0.05, 0.1) is 52.9 Å². The highest BCUT2D eigenvalue weighted by Gasteiger charge is 1.97. The van der Waals surface area contributed by atoms with Gasteiger partial charge in [-0.1, -0.05) is 174 Å². The van der Waals surface area contributed by atoms with Crippen LogP contribution in [0.4, 0.5) is 0 Å². The van der Waals surface area contributed by atoms with Crippen LogP contribution < -0.4 is 0 Å². The van der Waals surface area contributed by atoms with Crippen molar-refractivity contribution >= 4 is 0 Å². The predicted octanol–water partition coefficient (Wildman–Crippen LogP) is 11.6. The number of hydrogen-bond donors (Lipinski definition) is 0. The fraction of sp³-hybridized carbons (Fsp3) is 1.00. The lowest BCUT2D eigenvalue weighted by molar-refractivity contribution is -0.0114. The van der Waals surface area contributed by atoms with Gasteiger partial charge in [-0.25, -0.2) is 0 Å². The van der Waals surface area contributed by atoms with Gasteiger partial charge in [0.2, 0.25) is 0 Å². The number of rotatable bonds is 41. The Morgan fingerprint density at radius 3 is 0.545 bits per heavy atom. The molecule has 0 aliphatic rings. The van der Waals surface area contributed by atoms with Gasteiger partial charge in [0, 0.05) is 13.2 Å².